The SMILES string of the molecule is COCSC[C@H](NC(=O)CCn1nc(C)cc1C)C(=O)N[C@H](CC(C)C)[C@@H](O)C[C@@H](C)C(=O)N[C@@H](C(=O)NCC(C)C)C(C)C. The molecule has 0 fully saturated rings. The first kappa shape index (κ1) is 40.4. The van der Waals surface area contributed by atoms with E-state index in [-0.39, 0.29) is 54.1 Å². The van der Waals surface area contributed by atoms with Crippen molar-refractivity contribution >= 4 is 35.4 Å². The van der Waals surface area contributed by atoms with Gasteiger partial charge in [-0.1, -0.05) is 48.5 Å². The summed E-state index contributed by atoms with van der Waals surface area (Å²) in [5, 5.41) is 27.1. The summed E-state index contributed by atoms with van der Waals surface area (Å²) in [6.07, 6.45) is -0.325. The van der Waals surface area contributed by atoms with Crippen LogP contribution in [0.5, 0.6) is 0 Å². The van der Waals surface area contributed by atoms with Crippen molar-refractivity contribution in [3.63, 3.8) is 0 Å². The van der Waals surface area contributed by atoms with Crippen LogP contribution < -0.4 is 21.3 Å². The molecule has 0 unspecified atom stereocenters. The zero-order chi connectivity index (χ0) is 34.3. The zero-order valence-electron chi connectivity index (χ0n) is 28.9. The minimum Gasteiger partial charge on any atom is -0.391 e. The van der Waals surface area contributed by atoms with Gasteiger partial charge in [0, 0.05) is 44.0 Å². The number of amides is 4. The fraction of sp³-hybridized carbons (Fsp3) is 0.781. The number of hydrogen-bond donors (Lipinski definition) is 5. The van der Waals surface area contributed by atoms with Gasteiger partial charge in [0.25, 0.3) is 0 Å². The summed E-state index contributed by atoms with van der Waals surface area (Å²) in [7, 11) is 1.56. The minimum absolute atomic E-state index is 0.0834. The Labute approximate surface area is 273 Å². The number of rotatable bonds is 21. The maximum atomic E-state index is 13.5. The zero-order valence-corrected chi connectivity index (χ0v) is 29.8. The molecule has 0 saturated heterocycles. The average molecular weight is 655 g/mol. The van der Waals surface area contributed by atoms with E-state index in [1.807, 2.05) is 61.5 Å². The standard InChI is InChI=1S/C32H58N6O6S/c1-19(2)13-25(27(39)14-22(7)30(41)36-29(21(5)6)32(43)33-16-20(3)4)35-31(42)26(17-45-18-44-10)34-28(40)11-12-38-24(9)15-23(8)37-38/h15,19-22,25-27,29,39H,11-14,16-18H2,1-10H3,(H,33,43)(H,34,40)(H,35,42)(H,36,41)/t22-,25-,26+,27+,29-/m1/s1. The highest BCUT2D eigenvalue weighted by Gasteiger charge is 2.31. The van der Waals surface area contributed by atoms with Crippen molar-refractivity contribution in [1.82, 2.24) is 31.0 Å². The summed E-state index contributed by atoms with van der Waals surface area (Å²) in [4.78, 5) is 52.2. The van der Waals surface area contributed by atoms with E-state index < -0.39 is 36.1 Å². The van der Waals surface area contributed by atoms with Gasteiger partial charge in [-0.15, -0.1) is 11.8 Å². The monoisotopic (exact) mass is 654 g/mol. The van der Waals surface area contributed by atoms with Gasteiger partial charge in [-0.05, 0) is 50.5 Å². The van der Waals surface area contributed by atoms with Crippen LogP contribution in [0, 0.1) is 37.5 Å². The predicted octanol–water partition coefficient (Wildman–Crippen LogP) is 2.54. The number of carbonyl (C=O) groups is 4. The van der Waals surface area contributed by atoms with Crippen LogP contribution >= 0.6 is 11.8 Å². The lowest BCUT2D eigenvalue weighted by atomic mass is 9.91. The molecular weight excluding hydrogens is 596 g/mol. The highest BCUT2D eigenvalue weighted by Crippen LogP contribution is 2.17. The van der Waals surface area contributed by atoms with Crippen LogP contribution in [-0.4, -0.2) is 88.1 Å². The highest BCUT2D eigenvalue weighted by atomic mass is 32.2. The van der Waals surface area contributed by atoms with Crippen molar-refractivity contribution in [2.24, 2.45) is 23.7 Å². The topological polar surface area (TPSA) is 164 Å². The van der Waals surface area contributed by atoms with Crippen LogP contribution in [0.1, 0.15) is 79.1 Å². The minimum atomic E-state index is -1.03. The Kier molecular flexibility index (Phi) is 18.4. The first-order chi connectivity index (χ1) is 21.0. The van der Waals surface area contributed by atoms with Crippen LogP contribution in [0.3, 0.4) is 0 Å². The maximum Gasteiger partial charge on any atom is 0.243 e. The Hall–Kier alpha value is -2.64. The van der Waals surface area contributed by atoms with Crippen LogP contribution in [0.25, 0.3) is 0 Å². The number of nitrogens with one attached hydrogen (secondary N) is 4. The fourth-order valence-corrected chi connectivity index (χ4v) is 5.52. The van der Waals surface area contributed by atoms with E-state index in [4.69, 9.17) is 4.74 Å². The second kappa shape index (κ2) is 20.5. The molecule has 45 heavy (non-hydrogen) atoms. The number of aliphatic hydroxyl groups is 1. The molecule has 0 aliphatic carbocycles. The third-order valence-corrected chi connectivity index (χ3v) is 8.25. The van der Waals surface area contributed by atoms with Gasteiger partial charge in [0.05, 0.1) is 23.8 Å². The molecular formula is C32H58N6O6S. The molecule has 12 nitrogen and oxygen atoms in total. The average Bonchev–Trinajstić information content (AvgIpc) is 3.28. The molecule has 258 valence electrons. The Morgan fingerprint density at radius 3 is 2.13 bits per heavy atom. The van der Waals surface area contributed by atoms with Gasteiger partial charge in [0.1, 0.15) is 12.1 Å². The number of carbonyl (C=O) groups excluding carboxylic acids is 4. The number of methoxy groups -OCH3 is 1. The van der Waals surface area contributed by atoms with E-state index in [9.17, 15) is 24.3 Å². The van der Waals surface area contributed by atoms with Crippen molar-refractivity contribution in [1.29, 1.82) is 0 Å². The van der Waals surface area contributed by atoms with Gasteiger partial charge in [-0.2, -0.15) is 5.10 Å². The Morgan fingerprint density at radius 2 is 1.60 bits per heavy atom. The molecule has 0 aromatic carbocycles. The van der Waals surface area contributed by atoms with Crippen molar-refractivity contribution in [3.8, 4) is 0 Å². The number of aliphatic hydroxyl groups excluding tert-OH is 1. The molecule has 1 aromatic rings. The fourth-order valence-electron chi connectivity index (χ4n) is 4.79. The van der Waals surface area contributed by atoms with Crippen molar-refractivity contribution in [2.75, 3.05) is 25.3 Å². The van der Waals surface area contributed by atoms with Gasteiger partial charge in [-0.25, -0.2) is 0 Å². The molecule has 0 saturated carbocycles. The molecule has 0 radical (unpaired) electrons. The molecule has 5 atom stereocenters. The summed E-state index contributed by atoms with van der Waals surface area (Å²) >= 11 is 1.37. The molecule has 0 spiro atoms. The maximum absolute atomic E-state index is 13.5. The van der Waals surface area contributed by atoms with E-state index in [0.717, 1.165) is 11.4 Å². The molecule has 1 heterocycles. The lowest BCUT2D eigenvalue weighted by Crippen LogP contribution is -2.55. The molecule has 5 N–H and O–H groups in total. The number of ether oxygens (including phenoxy) is 1. The number of hydrogen-bond acceptors (Lipinski definition) is 8. The lowest BCUT2D eigenvalue weighted by molar-refractivity contribution is -0.132. The summed E-state index contributed by atoms with van der Waals surface area (Å²) in [6.45, 7) is 18.1. The van der Waals surface area contributed by atoms with Gasteiger partial charge >= 0.3 is 0 Å². The number of aryl methyl sites for hydroxylation is 3. The van der Waals surface area contributed by atoms with E-state index in [1.165, 1.54) is 11.8 Å². The summed E-state index contributed by atoms with van der Waals surface area (Å²) in [6, 6.07) is -0.258. The third kappa shape index (κ3) is 15.5. The number of aromatic nitrogens is 2. The molecule has 0 aliphatic heterocycles. The molecule has 1 rings (SSSR count). The normalized spacial score (nSPS) is 15.0. The van der Waals surface area contributed by atoms with Crippen LogP contribution in [0.2, 0.25) is 0 Å². The van der Waals surface area contributed by atoms with Crippen LogP contribution in [0.4, 0.5) is 0 Å². The highest BCUT2D eigenvalue weighted by molar-refractivity contribution is 7.99. The van der Waals surface area contributed by atoms with E-state index in [1.54, 1.807) is 18.7 Å². The lowest BCUT2D eigenvalue weighted by Gasteiger charge is -2.30. The largest absolute Gasteiger partial charge is 0.391 e. The Morgan fingerprint density at radius 1 is 0.933 bits per heavy atom. The third-order valence-electron chi connectivity index (χ3n) is 7.28. The molecule has 13 heteroatoms. The summed E-state index contributed by atoms with van der Waals surface area (Å²) in [5.74, 6) is -0.972. The molecule has 4 amide bonds. The first-order valence-corrected chi connectivity index (χ1v) is 17.1. The van der Waals surface area contributed by atoms with Gasteiger partial charge in [0.15, 0.2) is 0 Å². The van der Waals surface area contributed by atoms with Crippen LogP contribution in [0.15, 0.2) is 6.07 Å². The summed E-state index contributed by atoms with van der Waals surface area (Å²) < 4.78 is 6.88. The van der Waals surface area contributed by atoms with Gasteiger partial charge in [-0.3, -0.25) is 23.9 Å². The predicted molar refractivity (Wildman–Crippen MR) is 178 cm³/mol. The van der Waals surface area contributed by atoms with Gasteiger partial charge in [0.2, 0.25) is 23.6 Å². The smallest absolute Gasteiger partial charge is 0.243 e. The second-order valence-electron chi connectivity index (χ2n) is 13.1. The van der Waals surface area contributed by atoms with Crippen molar-refractivity contribution in [3.05, 3.63) is 17.5 Å². The summed E-state index contributed by atoms with van der Waals surface area (Å²) in [5.41, 5.74) is 1.82. The van der Waals surface area contributed by atoms with E-state index >= 15 is 0 Å². The van der Waals surface area contributed by atoms with Gasteiger partial charge < -0.3 is 31.1 Å². The quantitative estimate of drug-likeness (QED) is 0.0998. The Balaban J connectivity index is 2.92. The second-order valence-corrected chi connectivity index (χ2v) is 14.1. The molecule has 1 aromatic heterocycles. The van der Waals surface area contributed by atoms with E-state index in [0.29, 0.717) is 25.4 Å². The molecule has 0 bridgehead atoms. The number of thioether (sulfide) groups is 1. The Bertz CT molecular complexity index is 1080. The van der Waals surface area contributed by atoms with Crippen LogP contribution in [-0.2, 0) is 30.5 Å². The van der Waals surface area contributed by atoms with E-state index in [2.05, 4.69) is 26.4 Å². The number of nitrogens with zero attached hydrogens (tertiary/aromatic N) is 2. The first-order valence-electron chi connectivity index (χ1n) is 16.0. The molecule has 0 aliphatic rings. The van der Waals surface area contributed by atoms with Crippen molar-refractivity contribution < 1.29 is 29.0 Å². The van der Waals surface area contributed by atoms with Crippen molar-refractivity contribution in [2.45, 2.75) is 112 Å².